The molecule has 0 aliphatic carbocycles. The Hall–Kier alpha value is -3.79. The average molecular weight is 351 g/mol. The lowest BCUT2D eigenvalue weighted by atomic mass is 10.2. The predicted molar refractivity (Wildman–Crippen MR) is 96.5 cm³/mol. The van der Waals surface area contributed by atoms with Crippen LogP contribution in [0.15, 0.2) is 60.3 Å². The molecular weight excluding hydrogens is 334 g/mol. The molecule has 0 heterocycles. The van der Waals surface area contributed by atoms with E-state index in [0.29, 0.717) is 16.9 Å². The highest BCUT2D eigenvalue weighted by Gasteiger charge is 2.11. The molecule has 0 aromatic heterocycles. The van der Waals surface area contributed by atoms with Crippen molar-refractivity contribution in [1.82, 2.24) is 0 Å². The van der Waals surface area contributed by atoms with Crippen molar-refractivity contribution < 1.29 is 19.4 Å². The third-order valence-electron chi connectivity index (χ3n) is 3.30. The number of nitrogens with one attached hydrogen (secondary N) is 2. The molecule has 0 fully saturated rings. The van der Waals surface area contributed by atoms with E-state index in [0.717, 1.165) is 0 Å². The fourth-order valence-electron chi connectivity index (χ4n) is 2.00. The largest absolute Gasteiger partial charge is 0.506 e. The van der Waals surface area contributed by atoms with Crippen molar-refractivity contribution in [2.45, 2.75) is 6.92 Å². The minimum absolute atomic E-state index is 0.00370. The molecule has 2 aromatic carbocycles. The number of ether oxygens (including phenoxy) is 1. The molecule has 2 rings (SSSR count). The fourth-order valence-corrected chi connectivity index (χ4v) is 2.00. The zero-order valence-electron chi connectivity index (χ0n) is 14.0. The molecule has 0 saturated heterocycles. The monoisotopic (exact) mass is 351 g/mol. The first-order valence-corrected chi connectivity index (χ1v) is 7.78. The summed E-state index contributed by atoms with van der Waals surface area (Å²) in [4.78, 5) is 23.8. The second-order valence-corrected chi connectivity index (χ2v) is 5.08. The number of nitriles is 1. The molecule has 7 heteroatoms. The Morgan fingerprint density at radius 1 is 1.19 bits per heavy atom. The maximum atomic E-state index is 12.2. The Balaban J connectivity index is 2.05. The Morgan fingerprint density at radius 3 is 2.50 bits per heavy atom. The molecular formula is C19H17N3O4. The number of hydrogen-bond donors (Lipinski definition) is 3. The Labute approximate surface area is 150 Å². The maximum Gasteiger partial charge on any atom is 0.338 e. The van der Waals surface area contributed by atoms with Crippen molar-refractivity contribution in [3.8, 4) is 11.8 Å². The highest BCUT2D eigenvalue weighted by Crippen LogP contribution is 2.21. The van der Waals surface area contributed by atoms with Crippen LogP contribution >= 0.6 is 0 Å². The van der Waals surface area contributed by atoms with E-state index in [1.165, 1.54) is 36.5 Å². The van der Waals surface area contributed by atoms with E-state index in [4.69, 9.17) is 10.00 Å². The van der Waals surface area contributed by atoms with Crippen LogP contribution in [0.2, 0.25) is 0 Å². The number of phenols is 1. The molecule has 0 aliphatic rings. The minimum atomic E-state index is -0.626. The van der Waals surface area contributed by atoms with Crippen molar-refractivity contribution in [3.05, 3.63) is 65.9 Å². The summed E-state index contributed by atoms with van der Waals surface area (Å²) in [7, 11) is 0. The van der Waals surface area contributed by atoms with E-state index in [1.807, 2.05) is 0 Å². The number of phenolic OH excluding ortho intramolecular Hbond substituents is 1. The smallest absolute Gasteiger partial charge is 0.338 e. The van der Waals surface area contributed by atoms with Gasteiger partial charge in [-0.25, -0.2) is 4.79 Å². The van der Waals surface area contributed by atoms with E-state index < -0.39 is 11.9 Å². The van der Waals surface area contributed by atoms with Gasteiger partial charge in [-0.3, -0.25) is 4.79 Å². The van der Waals surface area contributed by atoms with Crippen LogP contribution < -0.4 is 10.6 Å². The van der Waals surface area contributed by atoms with E-state index >= 15 is 0 Å². The summed E-state index contributed by atoms with van der Waals surface area (Å²) in [6.45, 7) is 1.99. The molecule has 0 bridgehead atoms. The van der Waals surface area contributed by atoms with E-state index in [2.05, 4.69) is 10.6 Å². The van der Waals surface area contributed by atoms with E-state index in [-0.39, 0.29) is 17.9 Å². The summed E-state index contributed by atoms with van der Waals surface area (Å²) >= 11 is 0. The van der Waals surface area contributed by atoms with Gasteiger partial charge in [0, 0.05) is 11.9 Å². The van der Waals surface area contributed by atoms with Gasteiger partial charge in [-0.2, -0.15) is 5.26 Å². The van der Waals surface area contributed by atoms with Gasteiger partial charge in [0.15, 0.2) is 0 Å². The molecule has 0 spiro atoms. The third kappa shape index (κ3) is 4.85. The topological polar surface area (TPSA) is 111 Å². The number of esters is 1. The van der Waals surface area contributed by atoms with Crippen molar-refractivity contribution >= 4 is 23.3 Å². The lowest BCUT2D eigenvalue weighted by molar-refractivity contribution is -0.112. The summed E-state index contributed by atoms with van der Waals surface area (Å²) in [6.07, 6.45) is 1.21. The minimum Gasteiger partial charge on any atom is -0.506 e. The van der Waals surface area contributed by atoms with Gasteiger partial charge < -0.3 is 20.5 Å². The first-order valence-electron chi connectivity index (χ1n) is 7.78. The highest BCUT2D eigenvalue weighted by molar-refractivity contribution is 6.07. The van der Waals surface area contributed by atoms with Gasteiger partial charge in [0.2, 0.25) is 0 Å². The first kappa shape index (κ1) is 18.5. The summed E-state index contributed by atoms with van der Waals surface area (Å²) in [5.74, 6) is -1.08. The lowest BCUT2D eigenvalue weighted by Gasteiger charge is -2.07. The summed E-state index contributed by atoms with van der Waals surface area (Å²) in [5, 5.41) is 24.1. The summed E-state index contributed by atoms with van der Waals surface area (Å²) in [5.41, 5.74) is 0.975. The van der Waals surface area contributed by atoms with Crippen molar-refractivity contribution in [3.63, 3.8) is 0 Å². The zero-order chi connectivity index (χ0) is 18.9. The van der Waals surface area contributed by atoms with Gasteiger partial charge in [0.1, 0.15) is 17.4 Å². The molecule has 26 heavy (non-hydrogen) atoms. The molecule has 2 aromatic rings. The second-order valence-electron chi connectivity index (χ2n) is 5.08. The maximum absolute atomic E-state index is 12.2. The van der Waals surface area contributed by atoms with Gasteiger partial charge in [0.05, 0.1) is 17.9 Å². The van der Waals surface area contributed by atoms with Crippen molar-refractivity contribution in [1.29, 1.82) is 5.26 Å². The quantitative estimate of drug-likeness (QED) is 0.319. The Morgan fingerprint density at radius 2 is 1.88 bits per heavy atom. The number of carbonyl (C=O) groups excluding carboxylic acids is 2. The Kier molecular flexibility index (Phi) is 6.34. The van der Waals surface area contributed by atoms with Crippen LogP contribution in [0.3, 0.4) is 0 Å². The number of aromatic hydroxyl groups is 1. The summed E-state index contributed by atoms with van der Waals surface area (Å²) < 4.78 is 4.88. The molecule has 0 saturated carbocycles. The third-order valence-corrected chi connectivity index (χ3v) is 3.30. The molecule has 0 atom stereocenters. The lowest BCUT2D eigenvalue weighted by Crippen LogP contribution is -2.14. The molecule has 3 N–H and O–H groups in total. The number of carbonyl (C=O) groups is 2. The second kappa shape index (κ2) is 8.89. The van der Waals surface area contributed by atoms with Crippen LogP contribution in [-0.4, -0.2) is 23.6 Å². The predicted octanol–water partition coefficient (Wildman–Crippen LogP) is 3.03. The van der Waals surface area contributed by atoms with Crippen LogP contribution in [0.25, 0.3) is 0 Å². The number of hydrogen-bond acceptors (Lipinski definition) is 6. The van der Waals surface area contributed by atoms with Gasteiger partial charge >= 0.3 is 5.97 Å². The zero-order valence-corrected chi connectivity index (χ0v) is 14.0. The van der Waals surface area contributed by atoms with Gasteiger partial charge in [-0.05, 0) is 43.3 Å². The first-order chi connectivity index (χ1) is 12.5. The number of amides is 1. The van der Waals surface area contributed by atoms with Crippen LogP contribution in [0, 0.1) is 11.3 Å². The van der Waals surface area contributed by atoms with Gasteiger partial charge in [-0.1, -0.05) is 12.1 Å². The summed E-state index contributed by atoms with van der Waals surface area (Å²) in [6, 6.07) is 14.3. The molecule has 132 valence electrons. The number of para-hydroxylation sites is 2. The van der Waals surface area contributed by atoms with Crippen molar-refractivity contribution in [2.24, 2.45) is 0 Å². The van der Waals surface area contributed by atoms with Crippen LogP contribution in [-0.2, 0) is 9.53 Å². The molecule has 0 radical (unpaired) electrons. The highest BCUT2D eigenvalue weighted by atomic mass is 16.5. The van der Waals surface area contributed by atoms with Gasteiger partial charge in [0.25, 0.3) is 5.91 Å². The molecule has 7 nitrogen and oxygen atoms in total. The molecule has 0 unspecified atom stereocenters. The Bertz CT molecular complexity index is 867. The van der Waals surface area contributed by atoms with Gasteiger partial charge in [-0.15, -0.1) is 0 Å². The molecule has 0 aliphatic heterocycles. The fraction of sp³-hybridized carbons (Fsp3) is 0.105. The van der Waals surface area contributed by atoms with E-state index in [1.54, 1.807) is 31.2 Å². The van der Waals surface area contributed by atoms with Crippen molar-refractivity contribution in [2.75, 3.05) is 17.2 Å². The number of anilines is 2. The van der Waals surface area contributed by atoms with E-state index in [9.17, 15) is 14.7 Å². The van der Waals surface area contributed by atoms with Crippen LogP contribution in [0.1, 0.15) is 17.3 Å². The standard InChI is InChI=1S/C19H17N3O4/c1-2-26-19(25)13-7-9-15(10-8-13)22-18(24)14(11-20)12-21-16-5-3-4-6-17(16)23/h3-10,12,21,23H,2H2,1H3,(H,22,24)/b14-12-. The number of nitrogens with zero attached hydrogens (tertiary/aromatic N) is 1. The SMILES string of the molecule is CCOC(=O)c1ccc(NC(=O)/C(C#N)=C\Nc2ccccc2O)cc1. The molecule has 1 amide bonds. The average Bonchev–Trinajstić information content (AvgIpc) is 2.64. The van der Waals surface area contributed by atoms with Crippen LogP contribution in [0.5, 0.6) is 5.75 Å². The number of benzene rings is 2. The van der Waals surface area contributed by atoms with Crippen LogP contribution in [0.4, 0.5) is 11.4 Å². The normalized spacial score (nSPS) is 10.5. The number of rotatable bonds is 6.